The second kappa shape index (κ2) is 2.83. The average molecular weight is 203 g/mol. The van der Waals surface area contributed by atoms with Crippen LogP contribution in [0, 0.1) is 11.8 Å². The molecule has 0 spiro atoms. The van der Waals surface area contributed by atoms with Crippen LogP contribution in [0.15, 0.2) is 36.5 Å². The summed E-state index contributed by atoms with van der Waals surface area (Å²) in [7, 11) is 1.67. The van der Waals surface area contributed by atoms with E-state index in [1.54, 1.807) is 7.11 Å². The molecule has 0 saturated carbocycles. The summed E-state index contributed by atoms with van der Waals surface area (Å²) in [6, 6.07) is -0.0209. The molecule has 3 rings (SSSR count). The van der Waals surface area contributed by atoms with Crippen LogP contribution in [0.5, 0.6) is 0 Å². The maximum atomic E-state index is 11.9. The molecule has 0 aromatic carbocycles. The van der Waals surface area contributed by atoms with Crippen molar-refractivity contribution in [1.82, 2.24) is 5.32 Å². The summed E-state index contributed by atoms with van der Waals surface area (Å²) < 4.78 is 5.63. The molecule has 15 heavy (non-hydrogen) atoms. The first-order chi connectivity index (χ1) is 7.28. The summed E-state index contributed by atoms with van der Waals surface area (Å²) in [4.78, 5) is 11.9. The first-order valence-corrected chi connectivity index (χ1v) is 5.18. The monoisotopic (exact) mass is 203 g/mol. The van der Waals surface area contributed by atoms with Crippen LogP contribution in [0.4, 0.5) is 0 Å². The lowest BCUT2D eigenvalue weighted by Crippen LogP contribution is -2.48. The lowest BCUT2D eigenvalue weighted by atomic mass is 9.73. The Kier molecular flexibility index (Phi) is 1.68. The first-order valence-electron chi connectivity index (χ1n) is 5.18. The summed E-state index contributed by atoms with van der Waals surface area (Å²) in [5, 5.41) is 2.97. The number of carbonyl (C=O) groups excluding carboxylic acids is 1. The molecule has 4 atom stereocenters. The lowest BCUT2D eigenvalue weighted by molar-refractivity contribution is -0.126. The van der Waals surface area contributed by atoms with Crippen molar-refractivity contribution in [2.24, 2.45) is 11.8 Å². The van der Waals surface area contributed by atoms with Gasteiger partial charge in [0, 0.05) is 13.0 Å². The fourth-order valence-corrected chi connectivity index (χ4v) is 2.88. The highest BCUT2D eigenvalue weighted by molar-refractivity contribution is 5.86. The van der Waals surface area contributed by atoms with Crippen LogP contribution in [-0.2, 0) is 9.53 Å². The van der Waals surface area contributed by atoms with E-state index in [1.807, 2.05) is 24.3 Å². The van der Waals surface area contributed by atoms with Crippen molar-refractivity contribution in [3.63, 3.8) is 0 Å². The zero-order chi connectivity index (χ0) is 10.5. The molecule has 0 aromatic rings. The summed E-state index contributed by atoms with van der Waals surface area (Å²) in [6.45, 7) is 0. The number of ether oxygens (including phenoxy) is 1. The average Bonchev–Trinajstić information content (AvgIpc) is 2.39. The molecule has 1 heterocycles. The fraction of sp³-hybridized carbons (Fsp3) is 0.417. The van der Waals surface area contributed by atoms with Gasteiger partial charge in [0.15, 0.2) is 0 Å². The predicted molar refractivity (Wildman–Crippen MR) is 56.1 cm³/mol. The smallest absolute Gasteiger partial charge is 0.227 e. The Morgan fingerprint density at radius 3 is 3.00 bits per heavy atom. The number of nitrogens with one attached hydrogen (secondary N) is 1. The molecule has 0 radical (unpaired) electrons. The van der Waals surface area contributed by atoms with Gasteiger partial charge in [-0.2, -0.15) is 0 Å². The van der Waals surface area contributed by atoms with Crippen molar-refractivity contribution < 1.29 is 9.53 Å². The Labute approximate surface area is 88.5 Å². The molecule has 4 bridgehead atoms. The third kappa shape index (κ3) is 0.960. The molecule has 3 heteroatoms. The first kappa shape index (κ1) is 8.92. The van der Waals surface area contributed by atoms with E-state index < -0.39 is 5.60 Å². The number of hydrogen-bond donors (Lipinski definition) is 1. The van der Waals surface area contributed by atoms with Crippen LogP contribution < -0.4 is 5.32 Å². The zero-order valence-electron chi connectivity index (χ0n) is 8.51. The van der Waals surface area contributed by atoms with Crippen molar-refractivity contribution in [2.75, 3.05) is 7.11 Å². The molecule has 1 amide bonds. The van der Waals surface area contributed by atoms with Gasteiger partial charge < -0.3 is 10.1 Å². The summed E-state index contributed by atoms with van der Waals surface area (Å²) >= 11 is 0. The van der Waals surface area contributed by atoms with Gasteiger partial charge in [0.2, 0.25) is 5.91 Å². The van der Waals surface area contributed by atoms with E-state index in [9.17, 15) is 4.79 Å². The molecule has 78 valence electrons. The molecule has 1 fully saturated rings. The quantitative estimate of drug-likeness (QED) is 0.640. The molecule has 3 nitrogen and oxygen atoms in total. The second-order valence-electron chi connectivity index (χ2n) is 4.23. The van der Waals surface area contributed by atoms with E-state index in [0.717, 1.165) is 0 Å². The molecular formula is C12H13NO2. The highest BCUT2D eigenvalue weighted by atomic mass is 16.5. The third-order valence-electron chi connectivity index (χ3n) is 3.62. The summed E-state index contributed by atoms with van der Waals surface area (Å²) in [5.74, 6) is 0.124. The molecule has 1 saturated heterocycles. The number of methoxy groups -OCH3 is 1. The SMILES string of the molecule is CO[C@@]12C=CC=C[C@H]3C=C[C@H]1NC(=O)[C@H]32. The van der Waals surface area contributed by atoms with Gasteiger partial charge >= 0.3 is 0 Å². The summed E-state index contributed by atoms with van der Waals surface area (Å²) in [5.41, 5.74) is -0.486. The van der Waals surface area contributed by atoms with Crippen molar-refractivity contribution in [3.8, 4) is 0 Å². The number of amides is 1. The van der Waals surface area contributed by atoms with Crippen molar-refractivity contribution in [3.05, 3.63) is 36.5 Å². The highest BCUT2D eigenvalue weighted by Gasteiger charge is 2.57. The van der Waals surface area contributed by atoms with Gasteiger partial charge in [0.1, 0.15) is 5.60 Å². The molecule has 0 aromatic heterocycles. The Bertz CT molecular complexity index is 396. The Morgan fingerprint density at radius 2 is 2.20 bits per heavy atom. The van der Waals surface area contributed by atoms with Gasteiger partial charge in [0.25, 0.3) is 0 Å². The van der Waals surface area contributed by atoms with Gasteiger partial charge in [-0.25, -0.2) is 0 Å². The molecule has 2 aliphatic carbocycles. The minimum Gasteiger partial charge on any atom is -0.371 e. The van der Waals surface area contributed by atoms with E-state index in [4.69, 9.17) is 4.74 Å². The van der Waals surface area contributed by atoms with Crippen molar-refractivity contribution in [1.29, 1.82) is 0 Å². The normalized spacial score (nSPS) is 45.4. The van der Waals surface area contributed by atoms with Crippen LogP contribution in [0.25, 0.3) is 0 Å². The minimum atomic E-state index is -0.486. The van der Waals surface area contributed by atoms with Crippen molar-refractivity contribution in [2.45, 2.75) is 11.6 Å². The van der Waals surface area contributed by atoms with Crippen LogP contribution in [0.1, 0.15) is 0 Å². The largest absolute Gasteiger partial charge is 0.371 e. The number of rotatable bonds is 1. The van der Waals surface area contributed by atoms with Crippen LogP contribution >= 0.6 is 0 Å². The third-order valence-corrected chi connectivity index (χ3v) is 3.62. The van der Waals surface area contributed by atoms with Gasteiger partial charge in [-0.05, 0) is 6.08 Å². The number of hydrogen-bond acceptors (Lipinski definition) is 2. The number of allylic oxidation sites excluding steroid dienone is 4. The maximum Gasteiger partial charge on any atom is 0.227 e. The molecule has 1 N–H and O–H groups in total. The highest BCUT2D eigenvalue weighted by Crippen LogP contribution is 2.44. The van der Waals surface area contributed by atoms with E-state index in [0.29, 0.717) is 0 Å². The van der Waals surface area contributed by atoms with Gasteiger partial charge in [-0.15, -0.1) is 0 Å². The molecule has 3 aliphatic rings. The zero-order valence-corrected chi connectivity index (χ0v) is 8.51. The van der Waals surface area contributed by atoms with E-state index in [2.05, 4.69) is 17.5 Å². The molecular weight excluding hydrogens is 190 g/mol. The van der Waals surface area contributed by atoms with Crippen LogP contribution in [-0.4, -0.2) is 24.7 Å². The van der Waals surface area contributed by atoms with E-state index in [-0.39, 0.29) is 23.8 Å². The van der Waals surface area contributed by atoms with E-state index in [1.165, 1.54) is 0 Å². The fourth-order valence-electron chi connectivity index (χ4n) is 2.88. The maximum absolute atomic E-state index is 11.9. The topological polar surface area (TPSA) is 38.3 Å². The number of carbonyl (C=O) groups is 1. The molecule has 0 unspecified atom stereocenters. The van der Waals surface area contributed by atoms with Crippen LogP contribution in [0.2, 0.25) is 0 Å². The van der Waals surface area contributed by atoms with Gasteiger partial charge in [0.05, 0.1) is 12.0 Å². The Balaban J connectivity index is 2.19. The Morgan fingerprint density at radius 1 is 1.33 bits per heavy atom. The lowest BCUT2D eigenvalue weighted by Gasteiger charge is -2.37. The summed E-state index contributed by atoms with van der Waals surface area (Å²) in [6.07, 6.45) is 12.1. The van der Waals surface area contributed by atoms with Crippen LogP contribution in [0.3, 0.4) is 0 Å². The second-order valence-corrected chi connectivity index (χ2v) is 4.23. The Hall–Kier alpha value is -1.35. The van der Waals surface area contributed by atoms with Gasteiger partial charge in [-0.1, -0.05) is 30.4 Å². The predicted octanol–water partition coefficient (Wildman–Crippen LogP) is 0.798. The van der Waals surface area contributed by atoms with Gasteiger partial charge in [-0.3, -0.25) is 4.79 Å². The van der Waals surface area contributed by atoms with E-state index >= 15 is 0 Å². The van der Waals surface area contributed by atoms with Crippen molar-refractivity contribution >= 4 is 5.91 Å². The standard InChI is InChI=1S/C12H13NO2/c1-15-12-7-3-2-4-8-5-6-9(12)13-11(14)10(8)12/h2-10H,1H3,(H,13,14)/t8-,9+,10-,12-/m0/s1. The minimum absolute atomic E-state index is 0.0209. The molecule has 1 aliphatic heterocycles.